The zero-order chi connectivity index (χ0) is 9.61. The Morgan fingerprint density at radius 2 is 1.92 bits per heavy atom. The lowest BCUT2D eigenvalue weighted by Crippen LogP contribution is -2.10. The minimum atomic E-state index is 0.228. The second-order valence-electron chi connectivity index (χ2n) is 4.03. The van der Waals surface area contributed by atoms with Crippen molar-refractivity contribution in [3.63, 3.8) is 0 Å². The van der Waals surface area contributed by atoms with Gasteiger partial charge in [0.25, 0.3) is 0 Å². The van der Waals surface area contributed by atoms with Gasteiger partial charge in [-0.15, -0.1) is 0 Å². The van der Waals surface area contributed by atoms with Gasteiger partial charge < -0.3 is 0 Å². The number of hydrogen-bond donors (Lipinski definition) is 0. The molecule has 0 aliphatic rings. The third-order valence-corrected chi connectivity index (χ3v) is 1.76. The molecule has 0 aliphatic heterocycles. The lowest BCUT2D eigenvalue weighted by Gasteiger charge is -2.19. The smallest absolute Gasteiger partial charge is 0.0386 e. The standard InChI is InChI=1S/C11H21N/c1-6-8-12-9-10(7-2)11(3,4)5/h7,9H,6,8H2,1-5H3/b10-7+,12-9?. The molecule has 0 atom stereocenters. The Hall–Kier alpha value is -0.590. The quantitative estimate of drug-likeness (QED) is 0.571. The molecule has 0 heterocycles. The molecule has 0 aromatic carbocycles. The minimum Gasteiger partial charge on any atom is -0.293 e. The van der Waals surface area contributed by atoms with Gasteiger partial charge in [-0.2, -0.15) is 0 Å². The van der Waals surface area contributed by atoms with E-state index in [2.05, 4.69) is 45.7 Å². The maximum Gasteiger partial charge on any atom is 0.0386 e. The molecule has 0 aliphatic carbocycles. The fraction of sp³-hybridized carbons (Fsp3) is 0.727. The third-order valence-electron chi connectivity index (χ3n) is 1.76. The first-order valence-corrected chi connectivity index (χ1v) is 4.69. The molecule has 0 aromatic heterocycles. The fourth-order valence-electron chi connectivity index (χ4n) is 0.993. The molecule has 0 fully saturated rings. The van der Waals surface area contributed by atoms with E-state index in [-0.39, 0.29) is 5.41 Å². The Morgan fingerprint density at radius 1 is 1.33 bits per heavy atom. The highest BCUT2D eigenvalue weighted by atomic mass is 14.7. The lowest BCUT2D eigenvalue weighted by molar-refractivity contribution is 0.525. The molecule has 0 spiro atoms. The van der Waals surface area contributed by atoms with E-state index in [0.29, 0.717) is 0 Å². The summed E-state index contributed by atoms with van der Waals surface area (Å²) in [7, 11) is 0. The Labute approximate surface area is 76.6 Å². The van der Waals surface area contributed by atoms with E-state index in [1.807, 2.05) is 6.21 Å². The molecular formula is C11H21N. The maximum absolute atomic E-state index is 4.33. The van der Waals surface area contributed by atoms with Gasteiger partial charge in [0.1, 0.15) is 0 Å². The summed E-state index contributed by atoms with van der Waals surface area (Å²) in [5.41, 5.74) is 1.54. The molecule has 0 N–H and O–H groups in total. The van der Waals surface area contributed by atoms with Crippen LogP contribution in [0, 0.1) is 5.41 Å². The average Bonchev–Trinajstić information content (AvgIpc) is 1.95. The van der Waals surface area contributed by atoms with Crippen LogP contribution >= 0.6 is 0 Å². The Balaban J connectivity index is 4.21. The van der Waals surface area contributed by atoms with Gasteiger partial charge in [0.2, 0.25) is 0 Å². The molecule has 0 saturated carbocycles. The summed E-state index contributed by atoms with van der Waals surface area (Å²) in [6.45, 7) is 11.8. The summed E-state index contributed by atoms with van der Waals surface area (Å²) in [4.78, 5) is 4.33. The van der Waals surface area contributed by atoms with Crippen molar-refractivity contribution in [2.24, 2.45) is 10.4 Å². The Kier molecular flexibility index (Phi) is 4.87. The molecule has 12 heavy (non-hydrogen) atoms. The van der Waals surface area contributed by atoms with E-state index >= 15 is 0 Å². The Bertz CT molecular complexity index is 170. The summed E-state index contributed by atoms with van der Waals surface area (Å²) < 4.78 is 0. The molecular weight excluding hydrogens is 146 g/mol. The summed E-state index contributed by atoms with van der Waals surface area (Å²) in [5, 5.41) is 0. The maximum atomic E-state index is 4.33. The largest absolute Gasteiger partial charge is 0.293 e. The van der Waals surface area contributed by atoms with Crippen molar-refractivity contribution < 1.29 is 0 Å². The minimum absolute atomic E-state index is 0.228. The normalized spacial score (nSPS) is 14.2. The summed E-state index contributed by atoms with van der Waals surface area (Å²) in [6, 6.07) is 0. The van der Waals surface area contributed by atoms with Crippen LogP contribution in [0.25, 0.3) is 0 Å². The molecule has 0 aromatic rings. The fourth-order valence-corrected chi connectivity index (χ4v) is 0.993. The van der Waals surface area contributed by atoms with Crippen LogP contribution < -0.4 is 0 Å². The molecule has 0 amide bonds. The van der Waals surface area contributed by atoms with Crippen LogP contribution in [0.15, 0.2) is 16.6 Å². The highest BCUT2D eigenvalue weighted by Gasteiger charge is 2.13. The van der Waals surface area contributed by atoms with Crippen LogP contribution in [0.4, 0.5) is 0 Å². The summed E-state index contributed by atoms with van der Waals surface area (Å²) >= 11 is 0. The predicted octanol–water partition coefficient (Wildman–Crippen LogP) is 3.46. The predicted molar refractivity (Wildman–Crippen MR) is 56.9 cm³/mol. The van der Waals surface area contributed by atoms with Gasteiger partial charge in [-0.3, -0.25) is 4.99 Å². The van der Waals surface area contributed by atoms with Gasteiger partial charge in [0.05, 0.1) is 0 Å². The molecule has 70 valence electrons. The zero-order valence-corrected chi connectivity index (χ0v) is 9.02. The van der Waals surface area contributed by atoms with E-state index in [4.69, 9.17) is 0 Å². The van der Waals surface area contributed by atoms with Gasteiger partial charge >= 0.3 is 0 Å². The lowest BCUT2D eigenvalue weighted by atomic mass is 9.87. The van der Waals surface area contributed by atoms with Crippen molar-refractivity contribution in [3.05, 3.63) is 11.6 Å². The van der Waals surface area contributed by atoms with Gasteiger partial charge in [-0.1, -0.05) is 33.8 Å². The molecule has 0 radical (unpaired) electrons. The van der Waals surface area contributed by atoms with Crippen LogP contribution in [0.1, 0.15) is 41.0 Å². The van der Waals surface area contributed by atoms with Crippen molar-refractivity contribution in [3.8, 4) is 0 Å². The average molecular weight is 167 g/mol. The number of hydrogen-bond acceptors (Lipinski definition) is 1. The van der Waals surface area contributed by atoms with Crippen LogP contribution in [0.2, 0.25) is 0 Å². The monoisotopic (exact) mass is 167 g/mol. The van der Waals surface area contributed by atoms with Gasteiger partial charge in [-0.25, -0.2) is 0 Å². The van der Waals surface area contributed by atoms with Crippen molar-refractivity contribution in [1.29, 1.82) is 0 Å². The Morgan fingerprint density at radius 3 is 2.25 bits per heavy atom. The van der Waals surface area contributed by atoms with Crippen LogP contribution in [-0.2, 0) is 0 Å². The van der Waals surface area contributed by atoms with E-state index in [1.165, 1.54) is 5.57 Å². The first-order chi connectivity index (χ1) is 5.52. The highest BCUT2D eigenvalue weighted by Crippen LogP contribution is 2.23. The van der Waals surface area contributed by atoms with Crippen molar-refractivity contribution >= 4 is 6.21 Å². The second-order valence-corrected chi connectivity index (χ2v) is 4.03. The van der Waals surface area contributed by atoms with E-state index < -0.39 is 0 Å². The first kappa shape index (κ1) is 11.4. The molecule has 0 saturated heterocycles. The van der Waals surface area contributed by atoms with Crippen molar-refractivity contribution in [1.82, 2.24) is 0 Å². The van der Waals surface area contributed by atoms with E-state index in [1.54, 1.807) is 0 Å². The van der Waals surface area contributed by atoms with Crippen LogP contribution in [-0.4, -0.2) is 12.8 Å². The number of allylic oxidation sites excluding steroid dienone is 2. The molecule has 0 unspecified atom stereocenters. The summed E-state index contributed by atoms with van der Waals surface area (Å²) in [6.07, 6.45) is 5.26. The van der Waals surface area contributed by atoms with Crippen LogP contribution in [0.5, 0.6) is 0 Å². The van der Waals surface area contributed by atoms with E-state index in [9.17, 15) is 0 Å². The van der Waals surface area contributed by atoms with Gasteiger partial charge in [-0.05, 0) is 24.3 Å². The summed E-state index contributed by atoms with van der Waals surface area (Å²) in [5.74, 6) is 0. The molecule has 0 rings (SSSR count). The van der Waals surface area contributed by atoms with Crippen molar-refractivity contribution in [2.75, 3.05) is 6.54 Å². The number of rotatable bonds is 3. The van der Waals surface area contributed by atoms with Gasteiger partial charge in [0, 0.05) is 12.8 Å². The third kappa shape index (κ3) is 4.32. The van der Waals surface area contributed by atoms with Crippen molar-refractivity contribution in [2.45, 2.75) is 41.0 Å². The topological polar surface area (TPSA) is 12.4 Å². The highest BCUT2D eigenvalue weighted by molar-refractivity contribution is 5.79. The molecule has 1 heteroatoms. The first-order valence-electron chi connectivity index (χ1n) is 4.69. The van der Waals surface area contributed by atoms with Crippen LogP contribution in [0.3, 0.4) is 0 Å². The number of nitrogens with zero attached hydrogens (tertiary/aromatic N) is 1. The van der Waals surface area contributed by atoms with Gasteiger partial charge in [0.15, 0.2) is 0 Å². The molecule has 0 bridgehead atoms. The number of aliphatic imine (C=N–C) groups is 1. The SMILES string of the molecule is C/C=C(\C=NCCC)C(C)(C)C. The zero-order valence-electron chi connectivity index (χ0n) is 9.02. The second kappa shape index (κ2) is 5.13. The molecule has 1 nitrogen and oxygen atoms in total. The van der Waals surface area contributed by atoms with E-state index in [0.717, 1.165) is 13.0 Å².